The van der Waals surface area contributed by atoms with Crippen LogP contribution >= 0.6 is 0 Å². The first kappa shape index (κ1) is 13.2. The number of aryl methyl sites for hydroxylation is 1. The van der Waals surface area contributed by atoms with Gasteiger partial charge in [-0.2, -0.15) is 0 Å². The first-order chi connectivity index (χ1) is 9.54. The lowest BCUT2D eigenvalue weighted by Crippen LogP contribution is -2.30. The molecule has 1 aromatic heterocycles. The Morgan fingerprint density at radius 3 is 3.00 bits per heavy atom. The van der Waals surface area contributed by atoms with Crippen LogP contribution in [0, 0.1) is 5.41 Å². The monoisotopic (exact) mass is 271 g/mol. The molecule has 0 spiro atoms. The number of rotatable bonds is 2. The molecule has 0 saturated heterocycles. The minimum Gasteiger partial charge on any atom is -0.466 e. The number of aromatic amines is 1. The van der Waals surface area contributed by atoms with Gasteiger partial charge in [-0.3, -0.25) is 4.79 Å². The quantitative estimate of drug-likeness (QED) is 0.844. The fraction of sp³-hybridized carbons (Fsp3) is 0.471. The molecule has 0 bridgehead atoms. The number of ether oxygens (including phenoxy) is 1. The van der Waals surface area contributed by atoms with E-state index in [4.69, 9.17) is 4.74 Å². The van der Waals surface area contributed by atoms with Gasteiger partial charge in [0.15, 0.2) is 0 Å². The van der Waals surface area contributed by atoms with Crippen LogP contribution in [0.3, 0.4) is 0 Å². The van der Waals surface area contributed by atoms with Gasteiger partial charge in [-0.15, -0.1) is 0 Å². The predicted octanol–water partition coefficient (Wildman–Crippen LogP) is 3.79. The van der Waals surface area contributed by atoms with Crippen LogP contribution in [-0.4, -0.2) is 17.6 Å². The molecule has 3 rings (SSSR count). The Morgan fingerprint density at radius 1 is 1.45 bits per heavy atom. The maximum Gasteiger partial charge on any atom is 0.313 e. The molecule has 1 aromatic carbocycles. The SMILES string of the molecule is CCOC(=O)C1c2cccc3[nH]cc(c23)CCC1(C)C. The van der Waals surface area contributed by atoms with Gasteiger partial charge in [0.25, 0.3) is 0 Å². The Morgan fingerprint density at radius 2 is 2.25 bits per heavy atom. The highest BCUT2D eigenvalue weighted by molar-refractivity contribution is 5.93. The third-order valence-electron chi connectivity index (χ3n) is 4.47. The van der Waals surface area contributed by atoms with Gasteiger partial charge in [0, 0.05) is 17.1 Å². The number of nitrogens with one attached hydrogen (secondary N) is 1. The zero-order chi connectivity index (χ0) is 14.3. The van der Waals surface area contributed by atoms with Crippen molar-refractivity contribution >= 4 is 16.9 Å². The minimum absolute atomic E-state index is 0.0907. The van der Waals surface area contributed by atoms with Gasteiger partial charge in [0.1, 0.15) is 0 Å². The molecule has 20 heavy (non-hydrogen) atoms. The number of hydrogen-bond acceptors (Lipinski definition) is 2. The largest absolute Gasteiger partial charge is 0.466 e. The second kappa shape index (κ2) is 4.65. The van der Waals surface area contributed by atoms with Gasteiger partial charge < -0.3 is 9.72 Å². The standard InChI is InChI=1S/C17H21NO2/c1-4-20-16(19)15-12-6-5-7-13-14(12)11(10-18-13)8-9-17(15,2)3/h5-7,10,15,18H,4,8-9H2,1-3H3. The molecule has 1 N–H and O–H groups in total. The number of aromatic nitrogens is 1. The van der Waals surface area contributed by atoms with Crippen LogP contribution < -0.4 is 0 Å². The summed E-state index contributed by atoms with van der Waals surface area (Å²) in [6.07, 6.45) is 4.07. The molecule has 1 atom stereocenters. The van der Waals surface area contributed by atoms with Crippen molar-refractivity contribution in [3.8, 4) is 0 Å². The maximum absolute atomic E-state index is 12.5. The van der Waals surface area contributed by atoms with E-state index in [1.54, 1.807) is 0 Å². The van der Waals surface area contributed by atoms with Crippen molar-refractivity contribution in [2.24, 2.45) is 5.41 Å². The molecular formula is C17H21NO2. The van der Waals surface area contributed by atoms with Gasteiger partial charge in [-0.25, -0.2) is 0 Å². The van der Waals surface area contributed by atoms with Crippen molar-refractivity contribution in [1.82, 2.24) is 4.98 Å². The Labute approximate surface area is 119 Å². The molecular weight excluding hydrogens is 250 g/mol. The molecule has 0 radical (unpaired) electrons. The Balaban J connectivity index is 2.22. The first-order valence-corrected chi connectivity index (χ1v) is 7.30. The molecule has 1 heterocycles. The molecule has 0 aliphatic heterocycles. The number of carbonyl (C=O) groups excluding carboxylic acids is 1. The second-order valence-electron chi connectivity index (χ2n) is 6.26. The molecule has 1 unspecified atom stereocenters. The van der Waals surface area contributed by atoms with Crippen LogP contribution in [0.25, 0.3) is 10.9 Å². The molecule has 1 aliphatic rings. The Hall–Kier alpha value is -1.77. The highest BCUT2D eigenvalue weighted by Crippen LogP contribution is 2.46. The fourth-order valence-electron chi connectivity index (χ4n) is 3.42. The number of hydrogen-bond donors (Lipinski definition) is 1. The van der Waals surface area contributed by atoms with Crippen molar-refractivity contribution in [2.75, 3.05) is 6.61 Å². The lowest BCUT2D eigenvalue weighted by Gasteiger charge is -2.31. The highest BCUT2D eigenvalue weighted by atomic mass is 16.5. The summed E-state index contributed by atoms with van der Waals surface area (Å²) in [6.45, 7) is 6.64. The van der Waals surface area contributed by atoms with Gasteiger partial charge in [-0.05, 0) is 42.4 Å². The van der Waals surface area contributed by atoms with Crippen molar-refractivity contribution < 1.29 is 9.53 Å². The number of esters is 1. The van der Waals surface area contributed by atoms with Crippen LogP contribution in [-0.2, 0) is 16.0 Å². The van der Waals surface area contributed by atoms with Gasteiger partial charge in [-0.1, -0.05) is 26.0 Å². The second-order valence-corrected chi connectivity index (χ2v) is 6.26. The predicted molar refractivity (Wildman–Crippen MR) is 79.8 cm³/mol. The molecule has 3 nitrogen and oxygen atoms in total. The molecule has 0 amide bonds. The summed E-state index contributed by atoms with van der Waals surface area (Å²) in [6, 6.07) is 6.17. The van der Waals surface area contributed by atoms with Gasteiger partial charge in [0.2, 0.25) is 0 Å². The van der Waals surface area contributed by atoms with Crippen molar-refractivity contribution in [3.63, 3.8) is 0 Å². The number of benzene rings is 1. The first-order valence-electron chi connectivity index (χ1n) is 7.30. The van der Waals surface area contributed by atoms with E-state index >= 15 is 0 Å². The zero-order valence-corrected chi connectivity index (χ0v) is 12.3. The summed E-state index contributed by atoms with van der Waals surface area (Å²) in [5.41, 5.74) is 3.45. The zero-order valence-electron chi connectivity index (χ0n) is 12.3. The van der Waals surface area contributed by atoms with Crippen LogP contribution in [0.4, 0.5) is 0 Å². The third-order valence-corrected chi connectivity index (χ3v) is 4.47. The molecule has 0 fully saturated rings. The van der Waals surface area contributed by atoms with Crippen molar-refractivity contribution in [3.05, 3.63) is 35.5 Å². The maximum atomic E-state index is 12.5. The summed E-state index contributed by atoms with van der Waals surface area (Å²) < 4.78 is 5.35. The Bertz CT molecular complexity index is 654. The van der Waals surface area contributed by atoms with E-state index < -0.39 is 0 Å². The number of H-pyrrole nitrogens is 1. The van der Waals surface area contributed by atoms with E-state index in [0.29, 0.717) is 6.61 Å². The normalized spacial score (nSPS) is 20.6. The molecule has 106 valence electrons. The van der Waals surface area contributed by atoms with E-state index in [2.05, 4.69) is 37.2 Å². The molecule has 3 heteroatoms. The third kappa shape index (κ3) is 1.92. The average molecular weight is 271 g/mol. The number of carbonyl (C=O) groups is 1. The van der Waals surface area contributed by atoms with Gasteiger partial charge >= 0.3 is 5.97 Å². The molecule has 2 aromatic rings. The van der Waals surface area contributed by atoms with Crippen molar-refractivity contribution in [2.45, 2.75) is 39.5 Å². The summed E-state index contributed by atoms with van der Waals surface area (Å²) in [4.78, 5) is 15.8. The molecule has 1 aliphatic carbocycles. The van der Waals surface area contributed by atoms with Crippen LogP contribution in [0.15, 0.2) is 24.4 Å². The summed E-state index contributed by atoms with van der Waals surface area (Å²) in [5.74, 6) is -0.290. The summed E-state index contributed by atoms with van der Waals surface area (Å²) in [7, 11) is 0. The minimum atomic E-state index is -0.191. The average Bonchev–Trinajstić information content (AvgIpc) is 2.76. The van der Waals surface area contributed by atoms with Crippen LogP contribution in [0.5, 0.6) is 0 Å². The highest BCUT2D eigenvalue weighted by Gasteiger charge is 2.40. The van der Waals surface area contributed by atoms with E-state index in [1.165, 1.54) is 10.9 Å². The Kier molecular flexibility index (Phi) is 3.08. The van der Waals surface area contributed by atoms with Crippen LogP contribution in [0.1, 0.15) is 44.2 Å². The van der Waals surface area contributed by atoms with E-state index in [9.17, 15) is 4.79 Å². The fourth-order valence-corrected chi connectivity index (χ4v) is 3.42. The summed E-state index contributed by atoms with van der Waals surface area (Å²) in [5, 5.41) is 1.22. The van der Waals surface area contributed by atoms with E-state index in [1.807, 2.05) is 13.0 Å². The van der Waals surface area contributed by atoms with E-state index in [-0.39, 0.29) is 17.3 Å². The lowest BCUT2D eigenvalue weighted by atomic mass is 9.73. The van der Waals surface area contributed by atoms with E-state index in [0.717, 1.165) is 23.9 Å². The van der Waals surface area contributed by atoms with Gasteiger partial charge in [0.05, 0.1) is 12.5 Å². The van der Waals surface area contributed by atoms with Crippen LogP contribution in [0.2, 0.25) is 0 Å². The van der Waals surface area contributed by atoms with Crippen molar-refractivity contribution in [1.29, 1.82) is 0 Å². The summed E-state index contributed by atoms with van der Waals surface area (Å²) >= 11 is 0. The topological polar surface area (TPSA) is 42.1 Å². The lowest BCUT2D eigenvalue weighted by molar-refractivity contribution is -0.148. The molecule has 0 saturated carbocycles. The smallest absolute Gasteiger partial charge is 0.313 e.